The molecule has 0 bridgehead atoms. The first-order valence-corrected chi connectivity index (χ1v) is 5.38. The van der Waals surface area contributed by atoms with Crippen molar-refractivity contribution in [2.24, 2.45) is 0 Å². The van der Waals surface area contributed by atoms with Gasteiger partial charge in [-0.05, 0) is 12.1 Å². The van der Waals surface area contributed by atoms with Gasteiger partial charge in [0.2, 0.25) is 0 Å². The minimum Gasteiger partial charge on any atom is -0.480 e. The van der Waals surface area contributed by atoms with Crippen molar-refractivity contribution in [2.75, 3.05) is 6.61 Å². The van der Waals surface area contributed by atoms with Crippen molar-refractivity contribution in [1.82, 2.24) is 4.90 Å². The molecule has 2 N–H and O–H groups in total. The summed E-state index contributed by atoms with van der Waals surface area (Å²) in [7, 11) is 0. The minimum atomic E-state index is -1.33. The van der Waals surface area contributed by atoms with Gasteiger partial charge in [0, 0.05) is 13.0 Å². The van der Waals surface area contributed by atoms with Gasteiger partial charge in [0.1, 0.15) is 6.04 Å². The van der Waals surface area contributed by atoms with E-state index in [4.69, 9.17) is 10.2 Å². The number of carboxylic acids is 1. The second-order valence-electron chi connectivity index (χ2n) is 3.89. The average molecular weight is 249 g/mol. The molecular weight excluding hydrogens is 238 g/mol. The van der Waals surface area contributed by atoms with Gasteiger partial charge in [0.05, 0.1) is 11.1 Å². The molecule has 1 heterocycles. The van der Waals surface area contributed by atoms with Crippen molar-refractivity contribution in [1.29, 1.82) is 0 Å². The lowest BCUT2D eigenvalue weighted by molar-refractivity contribution is -0.142. The number of aliphatic hydroxyl groups is 1. The van der Waals surface area contributed by atoms with E-state index in [0.29, 0.717) is 4.90 Å². The van der Waals surface area contributed by atoms with Gasteiger partial charge in [0.25, 0.3) is 11.8 Å². The predicted octanol–water partition coefficient (Wildman–Crippen LogP) is 0.118. The number of aliphatic carboxylic acids is 1. The number of carbonyl (C=O) groups excluding carboxylic acids is 2. The molecule has 0 saturated heterocycles. The molecule has 0 radical (unpaired) electrons. The summed E-state index contributed by atoms with van der Waals surface area (Å²) in [5.41, 5.74) is 0.401. The SMILES string of the molecule is O=C(O)[C@H](CCO)N1C(=O)c2ccccc2C1=O. The number of rotatable bonds is 4. The third-order valence-corrected chi connectivity index (χ3v) is 2.82. The van der Waals surface area contributed by atoms with Crippen LogP contribution in [0.2, 0.25) is 0 Å². The summed E-state index contributed by atoms with van der Waals surface area (Å²) in [5, 5.41) is 17.8. The lowest BCUT2D eigenvalue weighted by atomic mass is 10.1. The largest absolute Gasteiger partial charge is 0.480 e. The van der Waals surface area contributed by atoms with Crippen LogP contribution in [-0.2, 0) is 4.79 Å². The minimum absolute atomic E-state index is 0.180. The van der Waals surface area contributed by atoms with E-state index in [1.54, 1.807) is 12.1 Å². The molecule has 1 aliphatic heterocycles. The molecule has 18 heavy (non-hydrogen) atoms. The number of hydrogen-bond donors (Lipinski definition) is 2. The fourth-order valence-corrected chi connectivity index (χ4v) is 1.98. The smallest absolute Gasteiger partial charge is 0.327 e. The van der Waals surface area contributed by atoms with Crippen LogP contribution in [0.4, 0.5) is 0 Å². The van der Waals surface area contributed by atoms with Crippen LogP contribution >= 0.6 is 0 Å². The van der Waals surface area contributed by atoms with Crippen molar-refractivity contribution in [3.8, 4) is 0 Å². The number of carboxylic acid groups (broad SMARTS) is 1. The topological polar surface area (TPSA) is 94.9 Å². The molecule has 1 aliphatic rings. The van der Waals surface area contributed by atoms with Gasteiger partial charge in [-0.1, -0.05) is 12.1 Å². The number of benzene rings is 1. The molecule has 0 aromatic heterocycles. The lowest BCUT2D eigenvalue weighted by Gasteiger charge is -2.21. The monoisotopic (exact) mass is 249 g/mol. The summed E-state index contributed by atoms with van der Waals surface area (Å²) in [6.07, 6.45) is -0.180. The van der Waals surface area contributed by atoms with Crippen LogP contribution in [0.3, 0.4) is 0 Å². The van der Waals surface area contributed by atoms with Crippen molar-refractivity contribution in [2.45, 2.75) is 12.5 Å². The molecular formula is C12H11NO5. The number of amides is 2. The lowest BCUT2D eigenvalue weighted by Crippen LogP contribution is -2.45. The third kappa shape index (κ3) is 1.76. The highest BCUT2D eigenvalue weighted by atomic mass is 16.4. The van der Waals surface area contributed by atoms with E-state index < -0.39 is 30.4 Å². The summed E-state index contributed by atoms with van der Waals surface area (Å²) in [6.45, 7) is -0.412. The van der Waals surface area contributed by atoms with E-state index in [0.717, 1.165) is 0 Å². The Morgan fingerprint density at radius 3 is 2.06 bits per heavy atom. The Kier molecular flexibility index (Phi) is 3.12. The van der Waals surface area contributed by atoms with Crippen molar-refractivity contribution in [3.63, 3.8) is 0 Å². The van der Waals surface area contributed by atoms with Crippen LogP contribution in [0, 0.1) is 0 Å². The summed E-state index contributed by atoms with van der Waals surface area (Å²) < 4.78 is 0. The molecule has 0 aliphatic carbocycles. The molecule has 0 spiro atoms. The molecule has 0 unspecified atom stereocenters. The number of nitrogens with zero attached hydrogens (tertiary/aromatic N) is 1. The van der Waals surface area contributed by atoms with Crippen molar-refractivity contribution in [3.05, 3.63) is 35.4 Å². The fraction of sp³-hybridized carbons (Fsp3) is 0.250. The first-order valence-electron chi connectivity index (χ1n) is 5.38. The van der Waals surface area contributed by atoms with Crippen molar-refractivity contribution >= 4 is 17.8 Å². The molecule has 2 rings (SSSR count). The second-order valence-corrected chi connectivity index (χ2v) is 3.89. The maximum absolute atomic E-state index is 12.0. The zero-order valence-electron chi connectivity index (χ0n) is 9.37. The third-order valence-electron chi connectivity index (χ3n) is 2.82. The van der Waals surface area contributed by atoms with E-state index in [1.807, 2.05) is 0 Å². The second kappa shape index (κ2) is 4.58. The molecule has 6 heteroatoms. The Morgan fingerprint density at radius 2 is 1.67 bits per heavy atom. The molecule has 1 atom stereocenters. The van der Waals surface area contributed by atoms with E-state index >= 15 is 0 Å². The van der Waals surface area contributed by atoms with Gasteiger partial charge in [-0.2, -0.15) is 0 Å². The van der Waals surface area contributed by atoms with Gasteiger partial charge in [-0.25, -0.2) is 4.79 Å². The first kappa shape index (κ1) is 12.3. The Balaban J connectivity index is 2.41. The fourth-order valence-electron chi connectivity index (χ4n) is 1.98. The van der Waals surface area contributed by atoms with Crippen LogP contribution in [-0.4, -0.2) is 45.5 Å². The van der Waals surface area contributed by atoms with Gasteiger partial charge in [0.15, 0.2) is 0 Å². The Morgan fingerprint density at radius 1 is 1.17 bits per heavy atom. The Bertz CT molecular complexity index is 490. The summed E-state index contributed by atoms with van der Waals surface area (Å²) in [4.78, 5) is 35.7. The number of fused-ring (bicyclic) bond motifs is 1. The number of aliphatic hydroxyl groups excluding tert-OH is 1. The van der Waals surface area contributed by atoms with Crippen LogP contribution in [0.25, 0.3) is 0 Å². The van der Waals surface area contributed by atoms with E-state index in [-0.39, 0.29) is 17.5 Å². The highest BCUT2D eigenvalue weighted by Gasteiger charge is 2.42. The number of imide groups is 1. The van der Waals surface area contributed by atoms with Gasteiger partial charge < -0.3 is 10.2 Å². The molecule has 0 fully saturated rings. The molecule has 1 aromatic carbocycles. The first-order chi connectivity index (χ1) is 8.57. The van der Waals surface area contributed by atoms with Gasteiger partial charge in [-0.15, -0.1) is 0 Å². The Labute approximate surface area is 102 Å². The van der Waals surface area contributed by atoms with Crippen LogP contribution in [0.5, 0.6) is 0 Å². The summed E-state index contributed by atoms with van der Waals surface area (Å²) in [6, 6.07) is 4.84. The van der Waals surface area contributed by atoms with Crippen LogP contribution in [0.1, 0.15) is 27.1 Å². The van der Waals surface area contributed by atoms with Crippen LogP contribution in [0.15, 0.2) is 24.3 Å². The highest BCUT2D eigenvalue weighted by molar-refractivity contribution is 6.22. The maximum Gasteiger partial charge on any atom is 0.327 e. The highest BCUT2D eigenvalue weighted by Crippen LogP contribution is 2.25. The number of carbonyl (C=O) groups is 3. The molecule has 0 saturated carbocycles. The summed E-state index contributed by atoms with van der Waals surface area (Å²) >= 11 is 0. The Hall–Kier alpha value is -2.21. The predicted molar refractivity (Wildman–Crippen MR) is 60.1 cm³/mol. The normalized spacial score (nSPS) is 15.7. The van der Waals surface area contributed by atoms with Gasteiger partial charge in [-0.3, -0.25) is 14.5 Å². The molecule has 94 valence electrons. The van der Waals surface area contributed by atoms with Gasteiger partial charge >= 0.3 is 5.97 Å². The standard InChI is InChI=1S/C12H11NO5/c14-6-5-9(12(17)18)13-10(15)7-3-1-2-4-8(7)11(13)16/h1-4,9,14H,5-6H2,(H,17,18)/t9-/m0/s1. The van der Waals surface area contributed by atoms with E-state index in [1.165, 1.54) is 12.1 Å². The average Bonchev–Trinajstić information content (AvgIpc) is 2.60. The zero-order chi connectivity index (χ0) is 13.3. The van der Waals surface area contributed by atoms with Crippen molar-refractivity contribution < 1.29 is 24.6 Å². The molecule has 1 aromatic rings. The quantitative estimate of drug-likeness (QED) is 0.739. The van der Waals surface area contributed by atoms with E-state index in [2.05, 4.69) is 0 Å². The molecule has 2 amide bonds. The molecule has 6 nitrogen and oxygen atoms in total. The maximum atomic E-state index is 12.0. The van der Waals surface area contributed by atoms with Crippen LogP contribution < -0.4 is 0 Å². The number of hydrogen-bond acceptors (Lipinski definition) is 4. The zero-order valence-corrected chi connectivity index (χ0v) is 9.37. The summed E-state index contributed by atoms with van der Waals surface area (Å²) in [5.74, 6) is -2.56. The van der Waals surface area contributed by atoms with E-state index in [9.17, 15) is 14.4 Å².